The summed E-state index contributed by atoms with van der Waals surface area (Å²) in [6.45, 7) is 0.247. The Labute approximate surface area is 151 Å². The summed E-state index contributed by atoms with van der Waals surface area (Å²) < 4.78 is 0. The third-order valence-electron chi connectivity index (χ3n) is 3.79. The number of amides is 2. The fourth-order valence-electron chi connectivity index (χ4n) is 2.42. The minimum absolute atomic E-state index is 0.247. The molecule has 0 spiro atoms. The summed E-state index contributed by atoms with van der Waals surface area (Å²) in [6, 6.07) is 12.6. The highest BCUT2D eigenvalue weighted by Crippen LogP contribution is 2.16. The largest absolute Gasteiger partial charge is 0.363 e. The quantitative estimate of drug-likeness (QED) is 0.703. The number of benzene rings is 1. The average Bonchev–Trinajstić information content (AvgIpc) is 2.66. The van der Waals surface area contributed by atoms with Crippen LogP contribution in [0.5, 0.6) is 0 Å². The van der Waals surface area contributed by atoms with Gasteiger partial charge in [-0.15, -0.1) is 0 Å². The van der Waals surface area contributed by atoms with Gasteiger partial charge >= 0.3 is 11.8 Å². The zero-order chi connectivity index (χ0) is 18.5. The Kier molecular flexibility index (Phi) is 5.07. The van der Waals surface area contributed by atoms with Crippen molar-refractivity contribution < 1.29 is 9.59 Å². The maximum Gasteiger partial charge on any atom is 0.313 e. The van der Waals surface area contributed by atoms with E-state index in [1.807, 2.05) is 37.2 Å². The lowest BCUT2D eigenvalue weighted by Crippen LogP contribution is -2.35. The van der Waals surface area contributed by atoms with Gasteiger partial charge in [-0.1, -0.05) is 6.07 Å². The van der Waals surface area contributed by atoms with E-state index in [4.69, 9.17) is 0 Å². The van der Waals surface area contributed by atoms with Crippen molar-refractivity contribution in [3.8, 4) is 0 Å². The van der Waals surface area contributed by atoms with Crippen LogP contribution in [0.25, 0.3) is 10.9 Å². The van der Waals surface area contributed by atoms with E-state index in [-0.39, 0.29) is 6.54 Å². The molecule has 0 fully saturated rings. The van der Waals surface area contributed by atoms with Crippen molar-refractivity contribution in [1.82, 2.24) is 15.3 Å². The zero-order valence-electron chi connectivity index (χ0n) is 14.6. The molecule has 2 heterocycles. The number of nitrogens with one attached hydrogen (secondary N) is 2. The fourth-order valence-corrected chi connectivity index (χ4v) is 2.42. The molecule has 2 aromatic heterocycles. The summed E-state index contributed by atoms with van der Waals surface area (Å²) in [5.41, 5.74) is 2.23. The SMILES string of the molecule is CN(C)c1cc(CNC(=O)C(=O)Nc2ccc3ncccc3c2)ccn1. The number of hydrogen-bond donors (Lipinski definition) is 2. The Morgan fingerprint density at radius 2 is 1.85 bits per heavy atom. The highest BCUT2D eigenvalue weighted by molar-refractivity contribution is 6.39. The molecular weight excluding hydrogens is 330 g/mol. The molecule has 2 amide bonds. The maximum absolute atomic E-state index is 12.1. The van der Waals surface area contributed by atoms with E-state index in [0.29, 0.717) is 5.69 Å². The molecule has 0 aliphatic rings. The van der Waals surface area contributed by atoms with Crippen molar-refractivity contribution in [2.45, 2.75) is 6.54 Å². The molecule has 0 saturated carbocycles. The zero-order valence-corrected chi connectivity index (χ0v) is 14.6. The number of anilines is 2. The van der Waals surface area contributed by atoms with Crippen LogP contribution < -0.4 is 15.5 Å². The first-order valence-corrected chi connectivity index (χ1v) is 8.09. The predicted octanol–water partition coefficient (Wildman–Crippen LogP) is 1.95. The first-order valence-electron chi connectivity index (χ1n) is 8.09. The van der Waals surface area contributed by atoms with E-state index >= 15 is 0 Å². The van der Waals surface area contributed by atoms with E-state index in [1.165, 1.54) is 0 Å². The van der Waals surface area contributed by atoms with Crippen LogP contribution in [0.3, 0.4) is 0 Å². The van der Waals surface area contributed by atoms with Crippen LogP contribution >= 0.6 is 0 Å². The molecule has 0 unspecified atom stereocenters. The van der Waals surface area contributed by atoms with E-state index in [0.717, 1.165) is 22.3 Å². The smallest absolute Gasteiger partial charge is 0.313 e. The lowest BCUT2D eigenvalue weighted by molar-refractivity contribution is -0.136. The molecule has 0 bridgehead atoms. The Hall–Kier alpha value is -3.48. The maximum atomic E-state index is 12.1. The lowest BCUT2D eigenvalue weighted by atomic mass is 10.2. The van der Waals surface area contributed by atoms with E-state index in [9.17, 15) is 9.59 Å². The van der Waals surface area contributed by atoms with Crippen molar-refractivity contribution in [2.24, 2.45) is 0 Å². The molecule has 0 atom stereocenters. The summed E-state index contributed by atoms with van der Waals surface area (Å²) >= 11 is 0. The normalized spacial score (nSPS) is 10.4. The minimum atomic E-state index is -0.713. The Morgan fingerprint density at radius 3 is 2.65 bits per heavy atom. The molecule has 2 N–H and O–H groups in total. The van der Waals surface area contributed by atoms with E-state index < -0.39 is 11.8 Å². The Balaban J connectivity index is 1.60. The molecule has 26 heavy (non-hydrogen) atoms. The van der Waals surface area contributed by atoms with Crippen LogP contribution in [-0.4, -0.2) is 35.9 Å². The van der Waals surface area contributed by atoms with Crippen LogP contribution in [0.1, 0.15) is 5.56 Å². The molecular formula is C19H19N5O2. The Bertz CT molecular complexity index is 955. The topological polar surface area (TPSA) is 87.2 Å². The molecule has 0 saturated heterocycles. The lowest BCUT2D eigenvalue weighted by Gasteiger charge is -2.12. The summed E-state index contributed by atoms with van der Waals surface area (Å²) in [6.07, 6.45) is 3.37. The molecule has 3 aromatic rings. The number of nitrogens with zero attached hydrogens (tertiary/aromatic N) is 3. The first-order chi connectivity index (χ1) is 12.5. The van der Waals surface area contributed by atoms with Crippen molar-refractivity contribution in [1.29, 1.82) is 0 Å². The number of aromatic nitrogens is 2. The summed E-state index contributed by atoms with van der Waals surface area (Å²) in [5, 5.41) is 6.10. The molecule has 1 aromatic carbocycles. The molecule has 7 nitrogen and oxygen atoms in total. The van der Waals surface area contributed by atoms with Gasteiger partial charge in [0.25, 0.3) is 0 Å². The van der Waals surface area contributed by atoms with Crippen LogP contribution in [0.2, 0.25) is 0 Å². The van der Waals surface area contributed by atoms with Crippen molar-refractivity contribution in [3.63, 3.8) is 0 Å². The van der Waals surface area contributed by atoms with Gasteiger partial charge in [0, 0.05) is 44.1 Å². The average molecular weight is 349 g/mol. The number of carbonyl (C=O) groups excluding carboxylic acids is 2. The highest BCUT2D eigenvalue weighted by atomic mass is 16.2. The molecule has 0 aliphatic carbocycles. The van der Waals surface area contributed by atoms with E-state index in [1.54, 1.807) is 36.7 Å². The molecule has 132 valence electrons. The van der Waals surface area contributed by atoms with Crippen LogP contribution in [0.4, 0.5) is 11.5 Å². The number of pyridine rings is 2. The standard InChI is InChI=1S/C19H19N5O2/c1-24(2)17-10-13(7-9-21-17)12-22-18(25)19(26)23-15-5-6-16-14(11-15)4-3-8-20-16/h3-11H,12H2,1-2H3,(H,22,25)(H,23,26). The third-order valence-corrected chi connectivity index (χ3v) is 3.79. The van der Waals surface area contributed by atoms with Crippen LogP contribution in [-0.2, 0) is 16.1 Å². The summed E-state index contributed by atoms with van der Waals surface area (Å²) in [7, 11) is 3.77. The van der Waals surface area contributed by atoms with Crippen molar-refractivity contribution in [2.75, 3.05) is 24.3 Å². The second-order valence-electron chi connectivity index (χ2n) is 5.96. The van der Waals surface area contributed by atoms with Crippen molar-refractivity contribution in [3.05, 3.63) is 60.4 Å². The summed E-state index contributed by atoms with van der Waals surface area (Å²) in [5.74, 6) is -0.624. The monoisotopic (exact) mass is 349 g/mol. The minimum Gasteiger partial charge on any atom is -0.363 e. The van der Waals surface area contributed by atoms with Gasteiger partial charge in [0.1, 0.15) is 5.82 Å². The fraction of sp³-hybridized carbons (Fsp3) is 0.158. The van der Waals surface area contributed by atoms with Gasteiger partial charge in [-0.25, -0.2) is 4.98 Å². The van der Waals surface area contributed by atoms with Crippen LogP contribution in [0, 0.1) is 0 Å². The molecule has 0 radical (unpaired) electrons. The first kappa shape index (κ1) is 17.3. The second-order valence-corrected chi connectivity index (χ2v) is 5.96. The van der Waals surface area contributed by atoms with Crippen molar-refractivity contribution >= 4 is 34.2 Å². The number of carbonyl (C=O) groups is 2. The van der Waals surface area contributed by atoms with Gasteiger partial charge < -0.3 is 15.5 Å². The van der Waals surface area contributed by atoms with Gasteiger partial charge in [0.05, 0.1) is 5.52 Å². The van der Waals surface area contributed by atoms with E-state index in [2.05, 4.69) is 20.6 Å². The number of fused-ring (bicyclic) bond motifs is 1. The Morgan fingerprint density at radius 1 is 1.00 bits per heavy atom. The summed E-state index contributed by atoms with van der Waals surface area (Å²) in [4.78, 5) is 34.4. The molecule has 7 heteroatoms. The predicted molar refractivity (Wildman–Crippen MR) is 101 cm³/mol. The molecule has 3 rings (SSSR count). The van der Waals surface area contributed by atoms with Gasteiger partial charge in [-0.05, 0) is 42.0 Å². The van der Waals surface area contributed by atoms with Crippen LogP contribution in [0.15, 0.2) is 54.9 Å². The van der Waals surface area contributed by atoms with Gasteiger partial charge in [-0.3, -0.25) is 14.6 Å². The highest BCUT2D eigenvalue weighted by Gasteiger charge is 2.14. The van der Waals surface area contributed by atoms with Gasteiger partial charge in [0.2, 0.25) is 0 Å². The van der Waals surface area contributed by atoms with Gasteiger partial charge in [0.15, 0.2) is 0 Å². The van der Waals surface area contributed by atoms with Gasteiger partial charge in [-0.2, -0.15) is 0 Å². The number of rotatable bonds is 4. The third kappa shape index (κ3) is 4.13. The second kappa shape index (κ2) is 7.60. The molecule has 0 aliphatic heterocycles. The number of hydrogen-bond acceptors (Lipinski definition) is 5.